The van der Waals surface area contributed by atoms with E-state index in [1.165, 1.54) is 37.3 Å². The summed E-state index contributed by atoms with van der Waals surface area (Å²) in [6, 6.07) is 26.5. The van der Waals surface area contributed by atoms with E-state index in [0.29, 0.717) is 29.3 Å². The fourth-order valence-electron chi connectivity index (χ4n) is 5.08. The Kier molecular flexibility index (Phi) is 12.3. The average molecular weight is 678 g/mol. The normalized spacial score (nSPS) is 11.8. The summed E-state index contributed by atoms with van der Waals surface area (Å²) in [4.78, 5) is 29.8. The van der Waals surface area contributed by atoms with Crippen LogP contribution in [-0.2, 0) is 32.6 Å². The fraction of sp³-hybridized carbons (Fsp3) is 0.278. The van der Waals surface area contributed by atoms with Crippen molar-refractivity contribution in [2.45, 2.75) is 44.2 Å². The molecule has 4 rings (SSSR count). The van der Waals surface area contributed by atoms with Gasteiger partial charge in [0.1, 0.15) is 12.6 Å². The van der Waals surface area contributed by atoms with Gasteiger partial charge in [-0.25, -0.2) is 8.42 Å². The number of sulfonamides is 1. The summed E-state index contributed by atoms with van der Waals surface area (Å²) in [5.74, 6) is -0.264. The molecule has 0 spiro atoms. The van der Waals surface area contributed by atoms with Gasteiger partial charge in [0.25, 0.3) is 10.0 Å². The molecule has 47 heavy (non-hydrogen) atoms. The van der Waals surface area contributed by atoms with Crippen LogP contribution in [0.15, 0.2) is 102 Å². The molecule has 0 bridgehead atoms. The summed E-state index contributed by atoms with van der Waals surface area (Å²) >= 11 is 6.56. The minimum absolute atomic E-state index is 0.00450. The van der Waals surface area contributed by atoms with E-state index < -0.39 is 28.5 Å². The Bertz CT molecular complexity index is 1770. The van der Waals surface area contributed by atoms with Gasteiger partial charge < -0.3 is 19.7 Å². The second-order valence-corrected chi connectivity index (χ2v) is 13.2. The summed E-state index contributed by atoms with van der Waals surface area (Å²) in [7, 11) is -1.36. The van der Waals surface area contributed by atoms with E-state index >= 15 is 0 Å². The number of hydrogen-bond acceptors (Lipinski definition) is 6. The first-order chi connectivity index (χ1) is 22.6. The Morgan fingerprint density at radius 3 is 2.17 bits per heavy atom. The van der Waals surface area contributed by atoms with Crippen molar-refractivity contribution in [3.8, 4) is 11.5 Å². The maximum absolute atomic E-state index is 14.6. The average Bonchev–Trinajstić information content (AvgIpc) is 3.08. The smallest absolute Gasteiger partial charge is 0.264 e. The van der Waals surface area contributed by atoms with Crippen LogP contribution in [0.3, 0.4) is 0 Å². The Morgan fingerprint density at radius 2 is 1.53 bits per heavy atom. The van der Waals surface area contributed by atoms with Crippen LogP contribution < -0.4 is 19.1 Å². The van der Waals surface area contributed by atoms with Gasteiger partial charge in [0.15, 0.2) is 11.5 Å². The molecule has 2 amide bonds. The lowest BCUT2D eigenvalue weighted by molar-refractivity contribution is -0.140. The molecule has 0 aromatic heterocycles. The predicted molar refractivity (Wildman–Crippen MR) is 184 cm³/mol. The van der Waals surface area contributed by atoms with Crippen LogP contribution in [0.1, 0.15) is 30.0 Å². The molecule has 1 N–H and O–H groups in total. The zero-order chi connectivity index (χ0) is 34.0. The molecule has 0 aliphatic rings. The minimum Gasteiger partial charge on any atom is -0.493 e. The Labute approximate surface area is 282 Å². The number of benzene rings is 4. The molecule has 11 heteroatoms. The number of carbonyl (C=O) groups is 2. The summed E-state index contributed by atoms with van der Waals surface area (Å²) in [6.45, 7) is 3.57. The van der Waals surface area contributed by atoms with Crippen LogP contribution in [0.4, 0.5) is 5.69 Å². The van der Waals surface area contributed by atoms with Crippen molar-refractivity contribution in [2.75, 3.05) is 31.6 Å². The number of ether oxygens (including phenoxy) is 2. The molecular weight excluding hydrogens is 638 g/mol. The van der Waals surface area contributed by atoms with Gasteiger partial charge in [0.05, 0.1) is 24.8 Å². The van der Waals surface area contributed by atoms with E-state index in [-0.39, 0.29) is 35.2 Å². The van der Waals surface area contributed by atoms with E-state index in [1.54, 1.807) is 48.5 Å². The molecule has 0 radical (unpaired) electrons. The van der Waals surface area contributed by atoms with Gasteiger partial charge in [0.2, 0.25) is 11.8 Å². The number of amides is 2. The lowest BCUT2D eigenvalue weighted by atomic mass is 10.0. The first-order valence-electron chi connectivity index (χ1n) is 15.2. The summed E-state index contributed by atoms with van der Waals surface area (Å²) in [5.41, 5.74) is 2.52. The lowest BCUT2D eigenvalue weighted by Crippen LogP contribution is -2.53. The molecule has 0 fully saturated rings. The van der Waals surface area contributed by atoms with Gasteiger partial charge in [-0.05, 0) is 54.8 Å². The standard InChI is InChI=1S/C36H40ClN3O6S/c1-5-21-38-36(42)32(22-27-11-7-6-8-12-27)39(24-28-13-9-10-14-31(28)37)35(41)25-40(29-17-20-33(45-3)34(23-29)46-4)47(43,44)30-18-15-26(2)16-19-30/h6-20,23,32H,5,21-22,24-25H2,1-4H3,(H,38,42)/t32-/m1/s1. The van der Waals surface area contributed by atoms with Crippen LogP contribution >= 0.6 is 11.6 Å². The molecule has 0 saturated carbocycles. The predicted octanol–water partition coefficient (Wildman–Crippen LogP) is 6.03. The molecule has 4 aromatic rings. The lowest BCUT2D eigenvalue weighted by Gasteiger charge is -2.34. The summed E-state index contributed by atoms with van der Waals surface area (Å²) in [6.07, 6.45) is 0.901. The van der Waals surface area contributed by atoms with Gasteiger partial charge in [-0.15, -0.1) is 0 Å². The van der Waals surface area contributed by atoms with Crippen LogP contribution in [0, 0.1) is 6.92 Å². The number of carbonyl (C=O) groups excluding carboxylic acids is 2. The zero-order valence-corrected chi connectivity index (χ0v) is 28.6. The van der Waals surface area contributed by atoms with Crippen molar-refractivity contribution in [3.05, 3.63) is 119 Å². The van der Waals surface area contributed by atoms with Crippen LogP contribution in [-0.4, -0.2) is 58.5 Å². The summed E-state index contributed by atoms with van der Waals surface area (Å²) in [5, 5.41) is 3.35. The number of halogens is 1. The van der Waals surface area contributed by atoms with Crippen molar-refractivity contribution in [2.24, 2.45) is 0 Å². The Morgan fingerprint density at radius 1 is 0.872 bits per heavy atom. The number of nitrogens with zero attached hydrogens (tertiary/aromatic N) is 2. The number of hydrogen-bond donors (Lipinski definition) is 1. The number of nitrogens with one attached hydrogen (secondary N) is 1. The molecule has 0 aliphatic carbocycles. The highest BCUT2D eigenvalue weighted by Crippen LogP contribution is 2.34. The third-order valence-electron chi connectivity index (χ3n) is 7.66. The third kappa shape index (κ3) is 8.84. The van der Waals surface area contributed by atoms with E-state index in [4.69, 9.17) is 21.1 Å². The molecule has 0 unspecified atom stereocenters. The van der Waals surface area contributed by atoms with E-state index in [9.17, 15) is 18.0 Å². The quantitative estimate of drug-likeness (QED) is 0.165. The first-order valence-corrected chi connectivity index (χ1v) is 17.1. The fourth-order valence-corrected chi connectivity index (χ4v) is 6.68. The van der Waals surface area contributed by atoms with Crippen molar-refractivity contribution in [1.29, 1.82) is 0 Å². The number of methoxy groups -OCH3 is 2. The number of rotatable bonds is 15. The third-order valence-corrected chi connectivity index (χ3v) is 9.82. The molecule has 0 heterocycles. The van der Waals surface area contributed by atoms with Gasteiger partial charge in [-0.1, -0.05) is 84.8 Å². The van der Waals surface area contributed by atoms with Gasteiger partial charge in [-0.2, -0.15) is 0 Å². The van der Waals surface area contributed by atoms with Gasteiger partial charge in [0, 0.05) is 30.6 Å². The Hall–Kier alpha value is -4.54. The zero-order valence-electron chi connectivity index (χ0n) is 27.0. The van der Waals surface area contributed by atoms with E-state index in [2.05, 4.69) is 5.32 Å². The molecule has 248 valence electrons. The monoisotopic (exact) mass is 677 g/mol. The minimum atomic E-state index is -4.28. The van der Waals surface area contributed by atoms with Crippen LogP contribution in [0.5, 0.6) is 11.5 Å². The maximum Gasteiger partial charge on any atom is 0.264 e. The second kappa shape index (κ2) is 16.3. The topological polar surface area (TPSA) is 105 Å². The molecule has 4 aromatic carbocycles. The van der Waals surface area contributed by atoms with E-state index in [1.807, 2.05) is 44.2 Å². The highest BCUT2D eigenvalue weighted by atomic mass is 35.5. The van der Waals surface area contributed by atoms with Crippen LogP contribution in [0.25, 0.3) is 0 Å². The Balaban J connectivity index is 1.84. The van der Waals surface area contributed by atoms with Crippen molar-refractivity contribution < 1.29 is 27.5 Å². The van der Waals surface area contributed by atoms with E-state index in [0.717, 1.165) is 15.4 Å². The molecule has 1 atom stereocenters. The first kappa shape index (κ1) is 35.3. The highest BCUT2D eigenvalue weighted by molar-refractivity contribution is 7.92. The van der Waals surface area contributed by atoms with Crippen molar-refractivity contribution >= 4 is 39.1 Å². The largest absolute Gasteiger partial charge is 0.493 e. The molecule has 0 aliphatic heterocycles. The number of anilines is 1. The van der Waals surface area contributed by atoms with Gasteiger partial charge >= 0.3 is 0 Å². The SMILES string of the molecule is CCCNC(=O)[C@@H](Cc1ccccc1)N(Cc1ccccc1Cl)C(=O)CN(c1ccc(OC)c(OC)c1)S(=O)(=O)c1ccc(C)cc1. The molecule has 0 saturated heterocycles. The number of aryl methyl sites for hydroxylation is 1. The van der Waals surface area contributed by atoms with Crippen molar-refractivity contribution in [1.82, 2.24) is 10.2 Å². The van der Waals surface area contributed by atoms with Gasteiger partial charge in [-0.3, -0.25) is 13.9 Å². The molecule has 9 nitrogen and oxygen atoms in total. The van der Waals surface area contributed by atoms with Crippen LogP contribution in [0.2, 0.25) is 5.02 Å². The highest BCUT2D eigenvalue weighted by Gasteiger charge is 2.35. The summed E-state index contributed by atoms with van der Waals surface area (Å²) < 4.78 is 40.5. The second-order valence-electron chi connectivity index (χ2n) is 11.0. The molecular formula is C36H40ClN3O6S. The maximum atomic E-state index is 14.6. The van der Waals surface area contributed by atoms with Crippen molar-refractivity contribution in [3.63, 3.8) is 0 Å².